The Balaban J connectivity index is 0.000000399. The zero-order valence-corrected chi connectivity index (χ0v) is 11.1. The number of imide groups is 1. The molecule has 0 unspecified atom stereocenters. The van der Waals surface area contributed by atoms with Gasteiger partial charge in [0.2, 0.25) is 0 Å². The van der Waals surface area contributed by atoms with E-state index in [1.54, 1.807) is 13.0 Å². The van der Waals surface area contributed by atoms with Crippen molar-refractivity contribution in [3.63, 3.8) is 0 Å². The van der Waals surface area contributed by atoms with E-state index in [0.29, 0.717) is 12.0 Å². The van der Waals surface area contributed by atoms with Crippen molar-refractivity contribution >= 4 is 22.1 Å². The first kappa shape index (κ1) is 17.0. The van der Waals surface area contributed by atoms with Crippen LogP contribution in [0.25, 0.3) is 0 Å². The molecule has 0 aliphatic heterocycles. The molecule has 9 heteroatoms. The molecule has 1 heterocycles. The van der Waals surface area contributed by atoms with Gasteiger partial charge in [-0.15, -0.1) is 0 Å². The second-order valence-corrected chi connectivity index (χ2v) is 4.92. The van der Waals surface area contributed by atoms with Crippen LogP contribution < -0.4 is 11.1 Å². The number of pyridine rings is 1. The highest BCUT2D eigenvalue weighted by Crippen LogP contribution is 1.93. The van der Waals surface area contributed by atoms with E-state index in [1.807, 2.05) is 5.32 Å². The van der Waals surface area contributed by atoms with E-state index in [2.05, 4.69) is 4.98 Å². The van der Waals surface area contributed by atoms with Gasteiger partial charge in [0.15, 0.2) is 0 Å². The number of carbonyl (C=O) groups is 2. The smallest absolute Gasteiger partial charge is 0.319 e. The highest BCUT2D eigenvalue weighted by atomic mass is 32.2. The van der Waals surface area contributed by atoms with Crippen LogP contribution in [0.4, 0.5) is 4.79 Å². The second kappa shape index (κ2) is 8.16. The van der Waals surface area contributed by atoms with Gasteiger partial charge < -0.3 is 5.73 Å². The van der Waals surface area contributed by atoms with Gasteiger partial charge in [-0.1, -0.05) is 6.92 Å². The van der Waals surface area contributed by atoms with Crippen LogP contribution in [0.2, 0.25) is 0 Å². The van der Waals surface area contributed by atoms with E-state index in [4.69, 9.17) is 10.3 Å². The Hall–Kier alpha value is -2.00. The quantitative estimate of drug-likeness (QED) is 0.678. The molecule has 8 nitrogen and oxygen atoms in total. The van der Waals surface area contributed by atoms with Gasteiger partial charge in [0, 0.05) is 12.4 Å². The molecule has 0 aliphatic rings. The molecule has 0 aliphatic carbocycles. The molecule has 19 heavy (non-hydrogen) atoms. The number of aromatic nitrogens is 1. The van der Waals surface area contributed by atoms with E-state index in [-0.39, 0.29) is 5.75 Å². The molecule has 0 spiro atoms. The fourth-order valence-corrected chi connectivity index (χ4v) is 1.45. The lowest BCUT2D eigenvalue weighted by molar-refractivity contribution is 0.0966. The number of amides is 3. The maximum atomic E-state index is 11.0. The Bertz CT molecular complexity index is 515. The van der Waals surface area contributed by atoms with Crippen molar-refractivity contribution in [2.45, 2.75) is 13.3 Å². The monoisotopic (exact) mass is 289 g/mol. The first-order valence-corrected chi connectivity index (χ1v) is 6.83. The maximum absolute atomic E-state index is 11.0. The average molecular weight is 289 g/mol. The number of nitrogens with one attached hydrogen (secondary N) is 1. The summed E-state index contributed by atoms with van der Waals surface area (Å²) in [6.45, 7) is 1.69. The maximum Gasteiger partial charge on any atom is 0.319 e. The number of hydrogen-bond acceptors (Lipinski definition) is 5. The number of nitrogens with zero attached hydrogens (tertiary/aromatic N) is 1. The number of urea groups is 1. The number of nitrogens with two attached hydrogens (primary N) is 1. The summed E-state index contributed by atoms with van der Waals surface area (Å²) in [4.78, 5) is 25.0. The number of rotatable bonds is 3. The van der Waals surface area contributed by atoms with Crippen molar-refractivity contribution in [2.24, 2.45) is 5.73 Å². The molecule has 106 valence electrons. The Labute approximate surface area is 110 Å². The molecule has 0 atom stereocenters. The molecular formula is C10H15N3O5S. The highest BCUT2D eigenvalue weighted by molar-refractivity contribution is 7.85. The van der Waals surface area contributed by atoms with Gasteiger partial charge in [0.05, 0.1) is 11.3 Å². The van der Waals surface area contributed by atoms with Crippen LogP contribution in [0, 0.1) is 0 Å². The zero-order valence-electron chi connectivity index (χ0n) is 10.2. The van der Waals surface area contributed by atoms with Gasteiger partial charge in [0.1, 0.15) is 0 Å². The molecule has 3 amide bonds. The first-order valence-electron chi connectivity index (χ1n) is 5.22. The summed E-state index contributed by atoms with van der Waals surface area (Å²) < 4.78 is 27.6. The number of carbonyl (C=O) groups excluding carboxylic acids is 2. The van der Waals surface area contributed by atoms with Gasteiger partial charge >= 0.3 is 6.03 Å². The minimum atomic E-state index is -3.67. The van der Waals surface area contributed by atoms with E-state index >= 15 is 0 Å². The van der Waals surface area contributed by atoms with Crippen LogP contribution in [0.5, 0.6) is 0 Å². The summed E-state index contributed by atoms with van der Waals surface area (Å²) in [6, 6.07) is 2.25. The summed E-state index contributed by atoms with van der Waals surface area (Å²) in [7, 11) is -3.67. The molecule has 1 rings (SSSR count). The number of hydrogen-bond donors (Lipinski definition) is 3. The molecular weight excluding hydrogens is 274 g/mol. The lowest BCUT2D eigenvalue weighted by Gasteiger charge is -1.98. The lowest BCUT2D eigenvalue weighted by Crippen LogP contribution is -2.34. The van der Waals surface area contributed by atoms with Crippen molar-refractivity contribution in [1.29, 1.82) is 0 Å². The first-order chi connectivity index (χ1) is 8.76. The van der Waals surface area contributed by atoms with Crippen molar-refractivity contribution in [3.8, 4) is 0 Å². The Morgan fingerprint density at radius 3 is 2.42 bits per heavy atom. The zero-order chi connectivity index (χ0) is 14.9. The fourth-order valence-electron chi connectivity index (χ4n) is 0.939. The highest BCUT2D eigenvalue weighted by Gasteiger charge is 2.05. The van der Waals surface area contributed by atoms with Crippen LogP contribution in [0.15, 0.2) is 24.5 Å². The molecule has 0 saturated carbocycles. The average Bonchev–Trinajstić information content (AvgIpc) is 2.28. The van der Waals surface area contributed by atoms with Crippen LogP contribution >= 0.6 is 0 Å². The summed E-state index contributed by atoms with van der Waals surface area (Å²) >= 11 is 0. The van der Waals surface area contributed by atoms with Gasteiger partial charge in [0.25, 0.3) is 16.0 Å². The van der Waals surface area contributed by atoms with Crippen LogP contribution in [-0.4, -0.2) is 35.6 Å². The lowest BCUT2D eigenvalue weighted by atomic mass is 10.3. The van der Waals surface area contributed by atoms with E-state index in [1.165, 1.54) is 18.5 Å². The van der Waals surface area contributed by atoms with Gasteiger partial charge in [-0.2, -0.15) is 8.42 Å². The predicted octanol–water partition coefficient (Wildman–Crippen LogP) is 0.174. The van der Waals surface area contributed by atoms with E-state index < -0.39 is 22.1 Å². The molecule has 0 radical (unpaired) electrons. The molecule has 0 bridgehead atoms. The SMILES string of the molecule is CCCS(=O)(=O)O.NC(=O)NC(=O)c1cccnc1. The predicted molar refractivity (Wildman–Crippen MR) is 68.0 cm³/mol. The summed E-state index contributed by atoms with van der Waals surface area (Å²) in [6.07, 6.45) is 3.35. The van der Waals surface area contributed by atoms with Crippen molar-refractivity contribution < 1.29 is 22.6 Å². The summed E-state index contributed by atoms with van der Waals surface area (Å²) in [5.41, 5.74) is 5.04. The molecule has 0 saturated heterocycles. The third-order valence-electron chi connectivity index (χ3n) is 1.62. The summed E-state index contributed by atoms with van der Waals surface area (Å²) in [5, 5.41) is 1.92. The third kappa shape index (κ3) is 9.68. The normalized spacial score (nSPS) is 10.0. The van der Waals surface area contributed by atoms with Crippen molar-refractivity contribution in [3.05, 3.63) is 30.1 Å². The topological polar surface area (TPSA) is 139 Å². The Kier molecular flexibility index (Phi) is 7.30. The van der Waals surface area contributed by atoms with Gasteiger partial charge in [-0.25, -0.2) is 4.79 Å². The van der Waals surface area contributed by atoms with Crippen LogP contribution in [0.1, 0.15) is 23.7 Å². The van der Waals surface area contributed by atoms with E-state index in [9.17, 15) is 18.0 Å². The van der Waals surface area contributed by atoms with Gasteiger partial charge in [-0.3, -0.25) is 19.6 Å². The summed E-state index contributed by atoms with van der Waals surface area (Å²) in [5.74, 6) is -0.678. The van der Waals surface area contributed by atoms with Crippen molar-refractivity contribution in [2.75, 3.05) is 5.75 Å². The van der Waals surface area contributed by atoms with Crippen LogP contribution in [-0.2, 0) is 10.1 Å². The Morgan fingerprint density at radius 1 is 1.47 bits per heavy atom. The van der Waals surface area contributed by atoms with Crippen molar-refractivity contribution in [1.82, 2.24) is 10.3 Å². The van der Waals surface area contributed by atoms with Crippen LogP contribution in [0.3, 0.4) is 0 Å². The largest absolute Gasteiger partial charge is 0.351 e. The minimum Gasteiger partial charge on any atom is -0.351 e. The van der Waals surface area contributed by atoms with E-state index in [0.717, 1.165) is 0 Å². The van der Waals surface area contributed by atoms with Gasteiger partial charge in [-0.05, 0) is 18.6 Å². The fraction of sp³-hybridized carbons (Fsp3) is 0.300. The Morgan fingerprint density at radius 2 is 2.11 bits per heavy atom. The standard InChI is InChI=1S/C7H7N3O2.C3H8O3S/c8-7(12)10-6(11)5-2-1-3-9-4-5;1-2-3-7(4,5)6/h1-4H,(H3,8,10,11,12);2-3H2,1H3,(H,4,5,6). The molecule has 4 N–H and O–H groups in total. The molecule has 0 fully saturated rings. The molecule has 0 aromatic carbocycles. The molecule has 1 aromatic rings. The minimum absolute atomic E-state index is 0.132. The molecule has 1 aromatic heterocycles. The number of primary amides is 1. The third-order valence-corrected chi connectivity index (χ3v) is 2.55. The second-order valence-electron chi connectivity index (χ2n) is 3.35.